The molecule has 1 aromatic carbocycles. The largest absolute Gasteiger partial charge is 0.369 e. The minimum absolute atomic E-state index is 0.263. The van der Waals surface area contributed by atoms with Crippen LogP contribution in [0.1, 0.15) is 12.5 Å². The molecule has 0 aliphatic carbocycles. The van der Waals surface area contributed by atoms with Gasteiger partial charge in [0, 0.05) is 5.56 Å². The maximum atomic E-state index is 13.4. The fourth-order valence-electron chi connectivity index (χ4n) is 1.27. The quantitative estimate of drug-likeness (QED) is 0.872. The topological polar surface area (TPSA) is 77.2 Å². The Morgan fingerprint density at radius 1 is 1.29 bits per heavy atom. The van der Waals surface area contributed by atoms with E-state index in [0.717, 1.165) is 0 Å². The highest BCUT2D eigenvalue weighted by Gasteiger charge is 2.19. The van der Waals surface area contributed by atoms with E-state index in [0.29, 0.717) is 12.1 Å². The molecule has 1 amide bonds. The second-order valence-electron chi connectivity index (χ2n) is 3.41. The second kappa shape index (κ2) is 4.79. The normalized spacial score (nSPS) is 11.5. The van der Waals surface area contributed by atoms with Crippen molar-refractivity contribution in [2.75, 3.05) is 5.75 Å². The standard InChI is InChI=1S/C10H11F2NO3S/c1-2-17(15,16)6-3-8(11)7(5-10(13)14)9(12)4-6/h3-4H,2,5H2,1H3,(H2,13,14). The van der Waals surface area contributed by atoms with Gasteiger partial charge in [0.2, 0.25) is 5.91 Å². The number of carbonyl (C=O) groups excluding carboxylic acids is 1. The molecule has 94 valence electrons. The molecule has 0 saturated carbocycles. The monoisotopic (exact) mass is 263 g/mol. The molecule has 1 rings (SSSR count). The lowest BCUT2D eigenvalue weighted by Crippen LogP contribution is -2.16. The van der Waals surface area contributed by atoms with E-state index >= 15 is 0 Å². The lowest BCUT2D eigenvalue weighted by Gasteiger charge is -2.06. The van der Waals surface area contributed by atoms with Crippen molar-refractivity contribution < 1.29 is 22.0 Å². The van der Waals surface area contributed by atoms with Crippen molar-refractivity contribution in [3.8, 4) is 0 Å². The maximum absolute atomic E-state index is 13.4. The molecule has 0 radical (unpaired) electrons. The Labute approximate surface area is 97.3 Å². The van der Waals surface area contributed by atoms with E-state index in [1.54, 1.807) is 0 Å². The van der Waals surface area contributed by atoms with E-state index in [4.69, 9.17) is 5.73 Å². The summed E-state index contributed by atoms with van der Waals surface area (Å²) in [5, 5.41) is 0. The highest BCUT2D eigenvalue weighted by molar-refractivity contribution is 7.91. The minimum atomic E-state index is -3.68. The summed E-state index contributed by atoms with van der Waals surface area (Å²) >= 11 is 0. The van der Waals surface area contributed by atoms with Crippen LogP contribution >= 0.6 is 0 Å². The molecule has 1 aromatic rings. The summed E-state index contributed by atoms with van der Waals surface area (Å²) < 4.78 is 49.7. The van der Waals surface area contributed by atoms with E-state index in [1.165, 1.54) is 6.92 Å². The molecule has 17 heavy (non-hydrogen) atoms. The lowest BCUT2D eigenvalue weighted by molar-refractivity contribution is -0.117. The summed E-state index contributed by atoms with van der Waals surface area (Å²) in [5.74, 6) is -3.33. The average molecular weight is 263 g/mol. The molecule has 0 aromatic heterocycles. The predicted octanol–water partition coefficient (Wildman–Crippen LogP) is 0.786. The predicted molar refractivity (Wildman–Crippen MR) is 57.0 cm³/mol. The SMILES string of the molecule is CCS(=O)(=O)c1cc(F)c(CC(N)=O)c(F)c1. The minimum Gasteiger partial charge on any atom is -0.369 e. The second-order valence-corrected chi connectivity index (χ2v) is 5.69. The Morgan fingerprint density at radius 3 is 2.12 bits per heavy atom. The Bertz CT molecular complexity index is 532. The van der Waals surface area contributed by atoms with E-state index in [1.807, 2.05) is 0 Å². The molecule has 2 N–H and O–H groups in total. The number of nitrogens with two attached hydrogens (primary N) is 1. The first-order chi connectivity index (χ1) is 7.77. The van der Waals surface area contributed by atoms with Gasteiger partial charge in [-0.15, -0.1) is 0 Å². The van der Waals surface area contributed by atoms with Crippen molar-refractivity contribution in [3.63, 3.8) is 0 Å². The highest BCUT2D eigenvalue weighted by Crippen LogP contribution is 2.20. The maximum Gasteiger partial charge on any atom is 0.222 e. The molecule has 0 atom stereocenters. The number of hydrogen-bond acceptors (Lipinski definition) is 3. The van der Waals surface area contributed by atoms with Crippen molar-refractivity contribution in [1.29, 1.82) is 0 Å². The molecule has 0 heterocycles. The van der Waals surface area contributed by atoms with Gasteiger partial charge in [0.1, 0.15) is 11.6 Å². The third kappa shape index (κ3) is 3.00. The van der Waals surface area contributed by atoms with Gasteiger partial charge >= 0.3 is 0 Å². The smallest absolute Gasteiger partial charge is 0.222 e. The summed E-state index contributed by atoms with van der Waals surface area (Å²) in [6.07, 6.45) is -0.607. The van der Waals surface area contributed by atoms with E-state index < -0.39 is 44.3 Å². The van der Waals surface area contributed by atoms with Crippen LogP contribution in [0.25, 0.3) is 0 Å². The molecular formula is C10H11F2NO3S. The van der Waals surface area contributed by atoms with Crippen molar-refractivity contribution >= 4 is 15.7 Å². The molecule has 0 spiro atoms. The third-order valence-electron chi connectivity index (χ3n) is 2.20. The molecule has 0 aliphatic heterocycles. The number of hydrogen-bond donors (Lipinski definition) is 1. The summed E-state index contributed by atoms with van der Waals surface area (Å²) in [7, 11) is -3.68. The third-order valence-corrected chi connectivity index (χ3v) is 3.92. The molecular weight excluding hydrogens is 252 g/mol. The number of halogens is 2. The van der Waals surface area contributed by atoms with Crippen LogP contribution < -0.4 is 5.73 Å². The average Bonchev–Trinajstić information content (AvgIpc) is 2.22. The van der Waals surface area contributed by atoms with E-state index in [-0.39, 0.29) is 5.75 Å². The molecule has 7 heteroatoms. The van der Waals surface area contributed by atoms with Crippen molar-refractivity contribution in [1.82, 2.24) is 0 Å². The van der Waals surface area contributed by atoms with Crippen LogP contribution in [0.4, 0.5) is 8.78 Å². The fourth-order valence-corrected chi connectivity index (χ4v) is 2.17. The Balaban J connectivity index is 3.33. The zero-order valence-corrected chi connectivity index (χ0v) is 9.85. The van der Waals surface area contributed by atoms with Crippen LogP contribution in [0.3, 0.4) is 0 Å². The number of amides is 1. The first-order valence-electron chi connectivity index (χ1n) is 4.77. The van der Waals surface area contributed by atoms with Crippen LogP contribution in [-0.4, -0.2) is 20.1 Å². The van der Waals surface area contributed by atoms with Gasteiger partial charge in [0.15, 0.2) is 9.84 Å². The summed E-state index contributed by atoms with van der Waals surface area (Å²) in [5.41, 5.74) is 4.30. The lowest BCUT2D eigenvalue weighted by atomic mass is 10.1. The fraction of sp³-hybridized carbons (Fsp3) is 0.300. The number of benzene rings is 1. The molecule has 0 fully saturated rings. The Kier molecular flexibility index (Phi) is 3.82. The number of carbonyl (C=O) groups is 1. The zero-order valence-electron chi connectivity index (χ0n) is 9.04. The molecule has 4 nitrogen and oxygen atoms in total. The van der Waals surface area contributed by atoms with Crippen LogP contribution in [-0.2, 0) is 21.1 Å². The zero-order chi connectivity index (χ0) is 13.2. The van der Waals surface area contributed by atoms with Gasteiger partial charge in [-0.2, -0.15) is 0 Å². The Morgan fingerprint density at radius 2 is 1.76 bits per heavy atom. The number of rotatable bonds is 4. The van der Waals surface area contributed by atoms with Gasteiger partial charge in [-0.1, -0.05) is 6.92 Å². The van der Waals surface area contributed by atoms with Gasteiger partial charge in [-0.05, 0) is 12.1 Å². The molecule has 0 bridgehead atoms. The summed E-state index contributed by atoms with van der Waals surface area (Å²) in [6, 6.07) is 1.39. The van der Waals surface area contributed by atoms with Gasteiger partial charge < -0.3 is 5.73 Å². The number of sulfone groups is 1. The van der Waals surface area contributed by atoms with E-state index in [2.05, 4.69) is 0 Å². The molecule has 0 saturated heterocycles. The van der Waals surface area contributed by atoms with Crippen LogP contribution in [0.2, 0.25) is 0 Å². The highest BCUT2D eigenvalue weighted by atomic mass is 32.2. The molecule has 0 aliphatic rings. The Hall–Kier alpha value is -1.50. The van der Waals surface area contributed by atoms with Gasteiger partial charge in [-0.25, -0.2) is 17.2 Å². The van der Waals surface area contributed by atoms with E-state index in [9.17, 15) is 22.0 Å². The summed E-state index contributed by atoms with van der Waals surface area (Å²) in [6.45, 7) is 1.36. The van der Waals surface area contributed by atoms with Crippen LogP contribution in [0.15, 0.2) is 17.0 Å². The number of primary amides is 1. The molecule has 0 unspecified atom stereocenters. The summed E-state index contributed by atoms with van der Waals surface area (Å²) in [4.78, 5) is 10.1. The van der Waals surface area contributed by atoms with Gasteiger partial charge in [0.25, 0.3) is 0 Å². The van der Waals surface area contributed by atoms with Gasteiger partial charge in [0.05, 0.1) is 17.1 Å². The van der Waals surface area contributed by atoms with Crippen LogP contribution in [0, 0.1) is 11.6 Å². The first kappa shape index (κ1) is 13.6. The van der Waals surface area contributed by atoms with Gasteiger partial charge in [-0.3, -0.25) is 4.79 Å². The van der Waals surface area contributed by atoms with Crippen molar-refractivity contribution in [2.24, 2.45) is 5.73 Å². The van der Waals surface area contributed by atoms with Crippen molar-refractivity contribution in [3.05, 3.63) is 29.3 Å². The van der Waals surface area contributed by atoms with Crippen molar-refractivity contribution in [2.45, 2.75) is 18.2 Å². The van der Waals surface area contributed by atoms with Crippen LogP contribution in [0.5, 0.6) is 0 Å². The first-order valence-corrected chi connectivity index (χ1v) is 6.42.